The number of nitrogens with one attached hydrogen (secondary N) is 2. The van der Waals surface area contributed by atoms with Crippen molar-refractivity contribution < 1.29 is 9.59 Å². The summed E-state index contributed by atoms with van der Waals surface area (Å²) < 4.78 is 0. The molecule has 6 heteroatoms. The van der Waals surface area contributed by atoms with Gasteiger partial charge in [-0.2, -0.15) is 0 Å². The number of benzene rings is 2. The predicted octanol–water partition coefficient (Wildman–Crippen LogP) is 2.46. The second kappa shape index (κ2) is 8.14. The minimum absolute atomic E-state index is 0. The van der Waals surface area contributed by atoms with Crippen LogP contribution in [0.4, 0.5) is 5.69 Å². The summed E-state index contributed by atoms with van der Waals surface area (Å²) in [7, 11) is 3.43. The van der Waals surface area contributed by atoms with Crippen molar-refractivity contribution in [1.82, 2.24) is 10.2 Å². The summed E-state index contributed by atoms with van der Waals surface area (Å²) in [6.45, 7) is 0.699. The molecule has 1 aliphatic rings. The van der Waals surface area contributed by atoms with Crippen molar-refractivity contribution in [3.63, 3.8) is 0 Å². The Kier molecular flexibility index (Phi) is 6.17. The van der Waals surface area contributed by atoms with Gasteiger partial charge >= 0.3 is 0 Å². The molecule has 0 saturated heterocycles. The smallest absolute Gasteiger partial charge is 0.253 e. The van der Waals surface area contributed by atoms with E-state index in [1.54, 1.807) is 38.4 Å². The van der Waals surface area contributed by atoms with Gasteiger partial charge in [-0.15, -0.1) is 12.4 Å². The number of anilines is 1. The lowest BCUT2D eigenvalue weighted by Gasteiger charge is -2.25. The Morgan fingerprint density at radius 2 is 1.68 bits per heavy atom. The van der Waals surface area contributed by atoms with E-state index in [-0.39, 0.29) is 30.3 Å². The zero-order valence-corrected chi connectivity index (χ0v) is 15.1. The lowest BCUT2D eigenvalue weighted by atomic mass is 9.95. The van der Waals surface area contributed by atoms with Gasteiger partial charge in [0, 0.05) is 31.9 Å². The van der Waals surface area contributed by atoms with Gasteiger partial charge < -0.3 is 15.5 Å². The maximum Gasteiger partial charge on any atom is 0.253 e. The highest BCUT2D eigenvalue weighted by atomic mass is 35.5. The summed E-state index contributed by atoms with van der Waals surface area (Å²) in [4.78, 5) is 25.9. The van der Waals surface area contributed by atoms with E-state index in [1.807, 2.05) is 12.1 Å². The molecule has 1 unspecified atom stereocenters. The number of amides is 2. The van der Waals surface area contributed by atoms with Gasteiger partial charge in [-0.1, -0.05) is 24.3 Å². The molecule has 0 fully saturated rings. The molecule has 1 heterocycles. The molecule has 2 N–H and O–H groups in total. The lowest BCUT2D eigenvalue weighted by molar-refractivity contribution is -0.118. The minimum atomic E-state index is -0.247. The van der Waals surface area contributed by atoms with Crippen molar-refractivity contribution in [2.75, 3.05) is 19.4 Å². The summed E-state index contributed by atoms with van der Waals surface area (Å²) in [5.41, 5.74) is 3.75. The highest BCUT2D eigenvalue weighted by Gasteiger charge is 2.23. The second-order valence-corrected chi connectivity index (χ2v) is 6.17. The predicted molar refractivity (Wildman–Crippen MR) is 101 cm³/mol. The Balaban J connectivity index is 0.00000225. The number of carbonyl (C=O) groups excluding carboxylic acids is 2. The molecule has 0 spiro atoms. The van der Waals surface area contributed by atoms with Crippen LogP contribution in [0.3, 0.4) is 0 Å². The third kappa shape index (κ3) is 4.38. The molecule has 0 bridgehead atoms. The molecule has 0 aliphatic carbocycles. The van der Waals surface area contributed by atoms with E-state index in [0.717, 1.165) is 0 Å². The van der Waals surface area contributed by atoms with Gasteiger partial charge in [-0.05, 0) is 41.8 Å². The lowest BCUT2D eigenvalue weighted by Crippen LogP contribution is -2.44. The Morgan fingerprint density at radius 1 is 1.04 bits per heavy atom. The first-order chi connectivity index (χ1) is 11.5. The van der Waals surface area contributed by atoms with E-state index in [9.17, 15) is 9.59 Å². The number of carbonyl (C=O) groups is 2. The third-order valence-electron chi connectivity index (χ3n) is 4.20. The molecule has 0 radical (unpaired) electrons. The highest BCUT2D eigenvalue weighted by Crippen LogP contribution is 2.18. The normalized spacial score (nSPS) is 15.5. The van der Waals surface area contributed by atoms with Crippen molar-refractivity contribution in [3.8, 4) is 0 Å². The molecular formula is C19H22ClN3O2. The van der Waals surface area contributed by atoms with Crippen LogP contribution in [-0.4, -0.2) is 36.9 Å². The van der Waals surface area contributed by atoms with Crippen LogP contribution in [0.25, 0.3) is 0 Å². The maximum atomic E-state index is 12.5. The standard InChI is InChI=1S/C19H21N3O2.ClH/c1-22(2)19(24)13-7-9-16(10-8-13)21-18(23)17-11-14-5-3-4-6-15(14)12-20-17;/h3-10,17,20H,11-12H2,1-2H3,(H,21,23);1H. The highest BCUT2D eigenvalue weighted by molar-refractivity contribution is 5.97. The Hall–Kier alpha value is -2.37. The van der Waals surface area contributed by atoms with Gasteiger partial charge in [-0.3, -0.25) is 9.59 Å². The number of nitrogens with zero attached hydrogens (tertiary/aromatic N) is 1. The van der Waals surface area contributed by atoms with Crippen LogP contribution in [0, 0.1) is 0 Å². The SMILES string of the molecule is CN(C)C(=O)c1ccc(NC(=O)C2Cc3ccccc3CN2)cc1.Cl. The molecule has 0 saturated carbocycles. The first-order valence-corrected chi connectivity index (χ1v) is 7.97. The summed E-state index contributed by atoms with van der Waals surface area (Å²) in [6, 6.07) is 14.9. The first kappa shape index (κ1) is 19.0. The summed E-state index contributed by atoms with van der Waals surface area (Å²) in [5.74, 6) is -0.116. The van der Waals surface area contributed by atoms with E-state index >= 15 is 0 Å². The Bertz CT molecular complexity index is 760. The zero-order valence-electron chi connectivity index (χ0n) is 14.3. The average Bonchev–Trinajstić information content (AvgIpc) is 2.61. The average molecular weight is 360 g/mol. The fourth-order valence-electron chi connectivity index (χ4n) is 2.82. The van der Waals surface area contributed by atoms with Gasteiger partial charge in [0.1, 0.15) is 0 Å². The van der Waals surface area contributed by atoms with E-state index in [2.05, 4.69) is 22.8 Å². The molecule has 5 nitrogen and oxygen atoms in total. The number of hydrogen-bond donors (Lipinski definition) is 2. The Labute approximate surface area is 153 Å². The molecule has 1 aliphatic heterocycles. The monoisotopic (exact) mass is 359 g/mol. The molecule has 3 rings (SSSR count). The van der Waals surface area contributed by atoms with E-state index in [1.165, 1.54) is 16.0 Å². The van der Waals surface area contributed by atoms with Crippen molar-refractivity contribution >= 4 is 29.9 Å². The van der Waals surface area contributed by atoms with Gasteiger partial charge in [-0.25, -0.2) is 0 Å². The van der Waals surface area contributed by atoms with Crippen molar-refractivity contribution in [2.24, 2.45) is 0 Å². The van der Waals surface area contributed by atoms with Crippen LogP contribution in [0.5, 0.6) is 0 Å². The third-order valence-corrected chi connectivity index (χ3v) is 4.20. The molecule has 2 aromatic carbocycles. The minimum Gasteiger partial charge on any atom is -0.345 e. The van der Waals surface area contributed by atoms with Gasteiger partial charge in [0.25, 0.3) is 5.91 Å². The quantitative estimate of drug-likeness (QED) is 0.885. The van der Waals surface area contributed by atoms with Gasteiger partial charge in [0.2, 0.25) is 5.91 Å². The number of rotatable bonds is 3. The fraction of sp³-hybridized carbons (Fsp3) is 0.263. The number of hydrogen-bond acceptors (Lipinski definition) is 3. The van der Waals surface area contributed by atoms with Crippen molar-refractivity contribution in [2.45, 2.75) is 19.0 Å². The largest absolute Gasteiger partial charge is 0.345 e. The Morgan fingerprint density at radius 3 is 2.32 bits per heavy atom. The molecule has 1 atom stereocenters. The molecule has 0 aromatic heterocycles. The van der Waals surface area contributed by atoms with Crippen LogP contribution >= 0.6 is 12.4 Å². The molecule has 2 aromatic rings. The van der Waals surface area contributed by atoms with Crippen LogP contribution in [-0.2, 0) is 17.8 Å². The topological polar surface area (TPSA) is 61.4 Å². The van der Waals surface area contributed by atoms with Crippen molar-refractivity contribution in [3.05, 3.63) is 65.2 Å². The van der Waals surface area contributed by atoms with Crippen LogP contribution < -0.4 is 10.6 Å². The van der Waals surface area contributed by atoms with Gasteiger partial charge in [0.05, 0.1) is 6.04 Å². The van der Waals surface area contributed by atoms with E-state index in [0.29, 0.717) is 24.2 Å². The fourth-order valence-corrected chi connectivity index (χ4v) is 2.82. The number of fused-ring (bicyclic) bond motifs is 1. The molecule has 132 valence electrons. The number of halogens is 1. The summed E-state index contributed by atoms with van der Waals surface area (Å²) in [5, 5.41) is 6.18. The summed E-state index contributed by atoms with van der Waals surface area (Å²) in [6.07, 6.45) is 0.680. The molecular weight excluding hydrogens is 338 g/mol. The van der Waals surface area contributed by atoms with Gasteiger partial charge in [0.15, 0.2) is 0 Å². The molecule has 25 heavy (non-hydrogen) atoms. The van der Waals surface area contributed by atoms with Crippen molar-refractivity contribution in [1.29, 1.82) is 0 Å². The first-order valence-electron chi connectivity index (χ1n) is 7.97. The summed E-state index contributed by atoms with van der Waals surface area (Å²) >= 11 is 0. The maximum absolute atomic E-state index is 12.5. The van der Waals surface area contributed by atoms with Crippen LogP contribution in [0.1, 0.15) is 21.5 Å². The van der Waals surface area contributed by atoms with E-state index in [4.69, 9.17) is 0 Å². The van der Waals surface area contributed by atoms with Crippen LogP contribution in [0.15, 0.2) is 48.5 Å². The second-order valence-electron chi connectivity index (χ2n) is 6.17. The van der Waals surface area contributed by atoms with E-state index < -0.39 is 0 Å². The molecule has 2 amide bonds. The zero-order chi connectivity index (χ0) is 17.1. The van der Waals surface area contributed by atoms with Crippen LogP contribution in [0.2, 0.25) is 0 Å².